The lowest BCUT2D eigenvalue weighted by atomic mass is 10.1. The van der Waals surface area contributed by atoms with E-state index >= 15 is 0 Å². The van der Waals surface area contributed by atoms with Gasteiger partial charge in [0.15, 0.2) is 0 Å². The Labute approximate surface area is 72.8 Å². The van der Waals surface area contributed by atoms with Crippen molar-refractivity contribution in [3.63, 3.8) is 0 Å². The van der Waals surface area contributed by atoms with E-state index in [9.17, 15) is 4.79 Å². The maximum absolute atomic E-state index is 10.7. The molecule has 0 aromatic rings. The molecule has 0 aliphatic carbocycles. The third-order valence-electron chi connectivity index (χ3n) is 0.562. The molecule has 4 nitrogen and oxygen atoms in total. The third-order valence-corrected chi connectivity index (χ3v) is 0.562. The molecule has 0 amide bonds. The molecule has 0 aliphatic rings. The largest absolute Gasteiger partial charge is 0.480 e. The average Bonchev–Trinajstić information content (AvgIpc) is 2.14. The average molecular weight is 155 g/mol. The van der Waals surface area contributed by atoms with Gasteiger partial charge in [-0.25, -0.2) is 0 Å². The summed E-state index contributed by atoms with van der Waals surface area (Å²) in [4.78, 5) is 10.7. The Balaban J connectivity index is 5.99. The van der Waals surface area contributed by atoms with E-state index in [4.69, 9.17) is 28.9 Å². The van der Waals surface area contributed by atoms with Crippen LogP contribution in [0.5, 0.6) is 0 Å². The number of hydrogen-bond donors (Lipinski definition) is 3. The molecular formula is C6H14N2O2. The van der Waals surface area contributed by atoms with Crippen LogP contribution in [0.3, 0.4) is 0 Å². The molecule has 0 unspecified atom stereocenters. The first-order chi connectivity index (χ1) is 7.94. The molecule has 0 aromatic heterocycles. The molecule has 0 aliphatic heterocycles. The second-order valence-corrected chi connectivity index (χ2v) is 1.24. The predicted octanol–water partition coefficient (Wildman–Crippen LogP) is -0.473. The number of rotatable bonds is 5. The van der Waals surface area contributed by atoms with E-state index in [0.29, 0.717) is 0 Å². The van der Waals surface area contributed by atoms with Crippen molar-refractivity contribution in [1.29, 1.82) is 0 Å². The second kappa shape index (κ2) is 5.20. The summed E-state index contributed by atoms with van der Waals surface area (Å²) < 4.78 is 65.1. The molecule has 0 rings (SSSR count). The SMILES string of the molecule is [2H]C([2H])(N)C([2H])([2H])C([2H])([2H])C([2H])([2H])[C@@]([2H])(N)C(=O)O. The standard InChI is InChI=1S/C6H14N2O2/c7-4-2-1-3-5(8)6(9)10/h5H,1-4,7-8H2,(H,9,10)/t5-/m1/s1/i1D2,2D2,3D2,4D2,5D. The molecule has 0 bridgehead atoms. The first kappa shape index (κ1) is 2.19. The normalized spacial score (nSPS) is 35.2. The van der Waals surface area contributed by atoms with E-state index < -0.39 is 37.6 Å². The number of carbonyl (C=O) groups is 1. The van der Waals surface area contributed by atoms with Gasteiger partial charge >= 0.3 is 5.97 Å². The summed E-state index contributed by atoms with van der Waals surface area (Å²) in [5, 5.41) is 8.64. The van der Waals surface area contributed by atoms with E-state index in [1.807, 2.05) is 0 Å². The van der Waals surface area contributed by atoms with Gasteiger partial charge in [0.2, 0.25) is 0 Å². The van der Waals surface area contributed by atoms with Crippen molar-refractivity contribution in [3.05, 3.63) is 0 Å². The molecule has 4 heteroatoms. The summed E-state index contributed by atoms with van der Waals surface area (Å²) in [6, 6.07) is -3.53. The molecule has 0 saturated heterocycles. The Morgan fingerprint density at radius 3 is 2.80 bits per heavy atom. The molecule has 0 radical (unpaired) electrons. The van der Waals surface area contributed by atoms with Crippen molar-refractivity contribution in [3.8, 4) is 0 Å². The number of carboxylic acids is 1. The number of nitrogens with two attached hydrogens (primary N) is 2. The molecule has 10 heavy (non-hydrogen) atoms. The van der Waals surface area contributed by atoms with Crippen molar-refractivity contribution in [2.45, 2.75) is 25.1 Å². The molecule has 0 aromatic carbocycles. The monoisotopic (exact) mass is 155 g/mol. The zero-order chi connectivity index (χ0) is 16.1. The topological polar surface area (TPSA) is 89.3 Å². The number of carboxylic acid groups (broad SMARTS) is 1. The summed E-state index contributed by atoms with van der Waals surface area (Å²) in [5.74, 6) is -2.23. The quantitative estimate of drug-likeness (QED) is 0.500. The van der Waals surface area contributed by atoms with Crippen LogP contribution in [0.1, 0.15) is 31.5 Å². The van der Waals surface area contributed by atoms with E-state index in [1.165, 1.54) is 0 Å². The van der Waals surface area contributed by atoms with Gasteiger partial charge in [-0.1, -0.05) is 6.37 Å². The maximum Gasteiger partial charge on any atom is 0.320 e. The molecule has 0 saturated carbocycles. The van der Waals surface area contributed by atoms with Crippen molar-refractivity contribution in [2.75, 3.05) is 6.50 Å². The Morgan fingerprint density at radius 1 is 1.80 bits per heavy atom. The zero-order valence-electron chi connectivity index (χ0n) is 14.0. The zero-order valence-corrected chi connectivity index (χ0v) is 5.01. The van der Waals surface area contributed by atoms with Gasteiger partial charge in [0, 0.05) is 11.0 Å². The van der Waals surface area contributed by atoms with Gasteiger partial charge in [-0.15, -0.1) is 0 Å². The predicted molar refractivity (Wildman–Crippen MR) is 38.5 cm³/mol. The minimum atomic E-state index is -3.78. The highest BCUT2D eigenvalue weighted by Crippen LogP contribution is 1.96. The van der Waals surface area contributed by atoms with E-state index in [-0.39, 0.29) is 0 Å². The van der Waals surface area contributed by atoms with Crippen LogP contribution >= 0.6 is 0 Å². The van der Waals surface area contributed by atoms with Gasteiger partial charge in [0.25, 0.3) is 0 Å². The number of aliphatic carboxylic acids is 1. The summed E-state index contributed by atoms with van der Waals surface area (Å²) in [5.41, 5.74) is 9.70. The van der Waals surface area contributed by atoms with Crippen LogP contribution in [0.4, 0.5) is 0 Å². The van der Waals surface area contributed by atoms with E-state index in [0.717, 1.165) is 0 Å². The van der Waals surface area contributed by atoms with E-state index in [1.54, 1.807) is 0 Å². The fourth-order valence-electron chi connectivity index (χ4n) is 0.188. The van der Waals surface area contributed by atoms with Crippen molar-refractivity contribution < 1.29 is 22.2 Å². The molecule has 0 spiro atoms. The summed E-state index contributed by atoms with van der Waals surface area (Å²) >= 11 is 0. The van der Waals surface area contributed by atoms with Crippen LogP contribution < -0.4 is 11.5 Å². The van der Waals surface area contributed by atoms with Crippen LogP contribution in [0.15, 0.2) is 0 Å². The van der Waals surface area contributed by atoms with Gasteiger partial charge in [-0.05, 0) is 19.2 Å². The Morgan fingerprint density at radius 2 is 2.40 bits per heavy atom. The van der Waals surface area contributed by atoms with Gasteiger partial charge < -0.3 is 16.6 Å². The molecule has 5 N–H and O–H groups in total. The summed E-state index contributed by atoms with van der Waals surface area (Å²) in [6.45, 7) is -3.32. The minimum absolute atomic E-state index is 2.23. The first-order valence-electron chi connectivity index (χ1n) is 6.76. The maximum atomic E-state index is 10.7. The van der Waals surface area contributed by atoms with Gasteiger partial charge in [-0.3, -0.25) is 4.79 Å². The van der Waals surface area contributed by atoms with Crippen LogP contribution in [0.2, 0.25) is 0 Å². The fraction of sp³-hybridized carbons (Fsp3) is 0.833. The second-order valence-electron chi connectivity index (χ2n) is 1.24. The Kier molecular flexibility index (Phi) is 1.14. The lowest BCUT2D eigenvalue weighted by molar-refractivity contribution is -0.138. The lowest BCUT2D eigenvalue weighted by Gasteiger charge is -2.03. The van der Waals surface area contributed by atoms with Crippen LogP contribution in [-0.2, 0) is 4.79 Å². The van der Waals surface area contributed by atoms with Gasteiger partial charge in [0.05, 0.1) is 1.37 Å². The smallest absolute Gasteiger partial charge is 0.320 e. The highest BCUT2D eigenvalue weighted by atomic mass is 16.4. The van der Waals surface area contributed by atoms with Crippen LogP contribution in [-0.4, -0.2) is 23.6 Å². The molecule has 0 fully saturated rings. The lowest BCUT2D eigenvalue weighted by Crippen LogP contribution is -2.29. The molecule has 1 atom stereocenters. The van der Waals surface area contributed by atoms with Crippen LogP contribution in [0.25, 0.3) is 0 Å². The summed E-state index contributed by atoms with van der Waals surface area (Å²) in [7, 11) is 0. The minimum Gasteiger partial charge on any atom is -0.480 e. The van der Waals surface area contributed by atoms with Crippen LogP contribution in [0, 0.1) is 0 Å². The first-order valence-corrected chi connectivity index (χ1v) is 2.26. The molecule has 60 valence electrons. The highest BCUT2D eigenvalue weighted by Gasteiger charge is 2.09. The Hall–Kier alpha value is -0.610. The summed E-state index contributed by atoms with van der Waals surface area (Å²) in [6.07, 6.45) is -11.2. The van der Waals surface area contributed by atoms with Gasteiger partial charge in [-0.2, -0.15) is 0 Å². The third kappa shape index (κ3) is 4.29. The highest BCUT2D eigenvalue weighted by molar-refractivity contribution is 5.72. The molecule has 0 heterocycles. The van der Waals surface area contributed by atoms with Crippen molar-refractivity contribution >= 4 is 5.97 Å². The van der Waals surface area contributed by atoms with Crippen molar-refractivity contribution in [1.82, 2.24) is 0 Å². The van der Waals surface area contributed by atoms with E-state index in [2.05, 4.69) is 0 Å². The fourth-order valence-corrected chi connectivity index (χ4v) is 0.188. The molecular weight excluding hydrogens is 132 g/mol. The Bertz CT molecular complexity index is 375. The van der Waals surface area contributed by atoms with Gasteiger partial charge in [0.1, 0.15) is 6.02 Å². The van der Waals surface area contributed by atoms with Crippen molar-refractivity contribution in [2.24, 2.45) is 11.5 Å². The number of hydrogen-bond acceptors (Lipinski definition) is 3.